The number of halogens is 1. The van der Waals surface area contributed by atoms with Crippen LogP contribution in [0.5, 0.6) is 0 Å². The maximum absolute atomic E-state index is 11.1. The molecule has 0 saturated carbocycles. The minimum absolute atomic E-state index is 0.106. The standard InChI is InChI=1S/C20H20ClN5O/c1-12-10-15(21)4-9-18(12)25-19-11-13(2)22-20(26-19)24-17-7-5-16(6-8-17)23-14(3)27/h4-11H,1-3H3,(H,23,27)(H2,22,24,25,26). The minimum atomic E-state index is -0.106. The molecule has 0 aliphatic rings. The molecule has 0 atom stereocenters. The first kappa shape index (κ1) is 18.7. The third-order valence-corrected chi connectivity index (χ3v) is 4.00. The van der Waals surface area contributed by atoms with Crippen molar-refractivity contribution in [3.05, 3.63) is 64.8 Å². The number of aromatic nitrogens is 2. The number of nitrogens with one attached hydrogen (secondary N) is 3. The quantitative estimate of drug-likeness (QED) is 0.566. The summed E-state index contributed by atoms with van der Waals surface area (Å²) in [6.45, 7) is 5.37. The molecule has 0 saturated heterocycles. The summed E-state index contributed by atoms with van der Waals surface area (Å²) in [5.74, 6) is 1.06. The van der Waals surface area contributed by atoms with Crippen molar-refractivity contribution in [1.82, 2.24) is 9.97 Å². The second-order valence-corrected chi connectivity index (χ2v) is 6.62. The third-order valence-electron chi connectivity index (χ3n) is 3.77. The Hall–Kier alpha value is -3.12. The Balaban J connectivity index is 1.77. The van der Waals surface area contributed by atoms with Crippen LogP contribution in [0.15, 0.2) is 48.5 Å². The van der Waals surface area contributed by atoms with Gasteiger partial charge in [-0.3, -0.25) is 4.79 Å². The van der Waals surface area contributed by atoms with Crippen LogP contribution in [0, 0.1) is 13.8 Å². The van der Waals surface area contributed by atoms with Gasteiger partial charge in [-0.1, -0.05) is 11.6 Å². The topological polar surface area (TPSA) is 78.9 Å². The molecule has 0 spiro atoms. The fourth-order valence-electron chi connectivity index (χ4n) is 2.56. The van der Waals surface area contributed by atoms with Crippen LogP contribution in [-0.2, 0) is 4.79 Å². The van der Waals surface area contributed by atoms with Crippen molar-refractivity contribution in [3.8, 4) is 0 Å². The molecule has 3 rings (SSSR count). The molecular weight excluding hydrogens is 362 g/mol. The number of rotatable bonds is 5. The van der Waals surface area contributed by atoms with E-state index in [0.29, 0.717) is 16.8 Å². The van der Waals surface area contributed by atoms with Crippen LogP contribution in [0.4, 0.5) is 28.8 Å². The molecule has 3 N–H and O–H groups in total. The number of benzene rings is 2. The Morgan fingerprint density at radius 2 is 1.63 bits per heavy atom. The van der Waals surface area contributed by atoms with Crippen LogP contribution < -0.4 is 16.0 Å². The molecule has 0 bridgehead atoms. The zero-order valence-electron chi connectivity index (χ0n) is 15.3. The smallest absolute Gasteiger partial charge is 0.229 e. The number of amides is 1. The number of anilines is 5. The summed E-state index contributed by atoms with van der Waals surface area (Å²) in [6, 6.07) is 14.9. The molecule has 7 heteroatoms. The Morgan fingerprint density at radius 1 is 0.926 bits per heavy atom. The number of hydrogen-bond acceptors (Lipinski definition) is 5. The van der Waals surface area contributed by atoms with Gasteiger partial charge in [0.25, 0.3) is 0 Å². The predicted octanol–water partition coefficient (Wildman–Crippen LogP) is 5.19. The molecule has 3 aromatic rings. The lowest BCUT2D eigenvalue weighted by molar-refractivity contribution is -0.114. The van der Waals surface area contributed by atoms with E-state index in [4.69, 9.17) is 11.6 Å². The van der Waals surface area contributed by atoms with E-state index in [1.54, 1.807) is 0 Å². The third kappa shape index (κ3) is 5.18. The summed E-state index contributed by atoms with van der Waals surface area (Å²) >= 11 is 6.01. The van der Waals surface area contributed by atoms with Gasteiger partial charge in [-0.15, -0.1) is 0 Å². The molecule has 1 amide bonds. The van der Waals surface area contributed by atoms with Gasteiger partial charge in [-0.25, -0.2) is 4.98 Å². The molecule has 0 aliphatic heterocycles. The van der Waals surface area contributed by atoms with E-state index in [2.05, 4.69) is 25.9 Å². The summed E-state index contributed by atoms with van der Waals surface area (Å²) in [6.07, 6.45) is 0. The van der Waals surface area contributed by atoms with E-state index in [1.807, 2.05) is 62.4 Å². The van der Waals surface area contributed by atoms with Crippen molar-refractivity contribution >= 4 is 46.3 Å². The van der Waals surface area contributed by atoms with Crippen molar-refractivity contribution in [3.63, 3.8) is 0 Å². The van der Waals surface area contributed by atoms with Crippen LogP contribution >= 0.6 is 11.6 Å². The maximum atomic E-state index is 11.1. The van der Waals surface area contributed by atoms with Crippen LogP contribution in [0.1, 0.15) is 18.2 Å². The lowest BCUT2D eigenvalue weighted by Crippen LogP contribution is -2.06. The van der Waals surface area contributed by atoms with Crippen molar-refractivity contribution in [2.24, 2.45) is 0 Å². The van der Waals surface area contributed by atoms with Crippen molar-refractivity contribution in [2.75, 3.05) is 16.0 Å². The molecule has 1 heterocycles. The first-order chi connectivity index (χ1) is 12.9. The van der Waals surface area contributed by atoms with E-state index in [-0.39, 0.29) is 5.91 Å². The van der Waals surface area contributed by atoms with E-state index >= 15 is 0 Å². The molecule has 138 valence electrons. The normalized spacial score (nSPS) is 10.4. The maximum Gasteiger partial charge on any atom is 0.229 e. The number of hydrogen-bond donors (Lipinski definition) is 3. The SMILES string of the molecule is CC(=O)Nc1ccc(Nc2nc(C)cc(Nc3ccc(Cl)cc3C)n2)cc1. The summed E-state index contributed by atoms with van der Waals surface area (Å²) in [4.78, 5) is 20.0. The number of aryl methyl sites for hydroxylation is 2. The van der Waals surface area contributed by atoms with Gasteiger partial charge in [-0.05, 0) is 61.9 Å². The first-order valence-electron chi connectivity index (χ1n) is 8.42. The van der Waals surface area contributed by atoms with Gasteiger partial charge >= 0.3 is 0 Å². The molecule has 6 nitrogen and oxygen atoms in total. The van der Waals surface area contributed by atoms with Gasteiger partial charge in [0.05, 0.1) is 0 Å². The highest BCUT2D eigenvalue weighted by atomic mass is 35.5. The molecule has 0 fully saturated rings. The first-order valence-corrected chi connectivity index (χ1v) is 8.80. The van der Waals surface area contributed by atoms with E-state index in [9.17, 15) is 4.79 Å². The molecule has 1 aromatic heterocycles. The number of nitrogens with zero attached hydrogens (tertiary/aromatic N) is 2. The Kier molecular flexibility index (Phi) is 5.57. The minimum Gasteiger partial charge on any atom is -0.340 e. The molecule has 27 heavy (non-hydrogen) atoms. The van der Waals surface area contributed by atoms with E-state index < -0.39 is 0 Å². The number of carbonyl (C=O) groups excluding carboxylic acids is 1. The summed E-state index contributed by atoms with van der Waals surface area (Å²) in [7, 11) is 0. The van der Waals surface area contributed by atoms with E-state index in [0.717, 1.165) is 28.3 Å². The van der Waals surface area contributed by atoms with Gasteiger partial charge in [0, 0.05) is 40.8 Å². The van der Waals surface area contributed by atoms with Crippen molar-refractivity contribution < 1.29 is 4.79 Å². The Bertz CT molecular complexity index is 973. The van der Waals surface area contributed by atoms with Gasteiger partial charge in [0.2, 0.25) is 11.9 Å². The van der Waals surface area contributed by atoms with Gasteiger partial charge in [0.15, 0.2) is 0 Å². The van der Waals surface area contributed by atoms with Crippen molar-refractivity contribution in [1.29, 1.82) is 0 Å². The summed E-state index contributed by atoms with van der Waals surface area (Å²) in [5, 5.41) is 9.91. The van der Waals surface area contributed by atoms with Gasteiger partial charge in [0.1, 0.15) is 5.82 Å². The van der Waals surface area contributed by atoms with Crippen LogP contribution in [-0.4, -0.2) is 15.9 Å². The highest BCUT2D eigenvalue weighted by molar-refractivity contribution is 6.30. The zero-order valence-corrected chi connectivity index (χ0v) is 16.1. The second kappa shape index (κ2) is 8.05. The fraction of sp³-hybridized carbons (Fsp3) is 0.150. The lowest BCUT2D eigenvalue weighted by Gasteiger charge is -2.12. The molecule has 2 aromatic carbocycles. The fourth-order valence-corrected chi connectivity index (χ4v) is 2.79. The van der Waals surface area contributed by atoms with Gasteiger partial charge in [-0.2, -0.15) is 4.98 Å². The van der Waals surface area contributed by atoms with E-state index in [1.165, 1.54) is 6.92 Å². The van der Waals surface area contributed by atoms with Crippen LogP contribution in [0.2, 0.25) is 5.02 Å². The summed E-state index contributed by atoms with van der Waals surface area (Å²) < 4.78 is 0. The Morgan fingerprint density at radius 3 is 2.30 bits per heavy atom. The zero-order chi connectivity index (χ0) is 19.4. The highest BCUT2D eigenvalue weighted by Gasteiger charge is 2.06. The second-order valence-electron chi connectivity index (χ2n) is 6.19. The largest absolute Gasteiger partial charge is 0.340 e. The average molecular weight is 382 g/mol. The molecule has 0 aliphatic carbocycles. The number of carbonyl (C=O) groups is 1. The molecular formula is C20H20ClN5O. The monoisotopic (exact) mass is 381 g/mol. The van der Waals surface area contributed by atoms with Gasteiger partial charge < -0.3 is 16.0 Å². The molecule has 0 unspecified atom stereocenters. The average Bonchev–Trinajstić information content (AvgIpc) is 2.58. The predicted molar refractivity (Wildman–Crippen MR) is 110 cm³/mol. The van der Waals surface area contributed by atoms with Crippen LogP contribution in [0.3, 0.4) is 0 Å². The van der Waals surface area contributed by atoms with Crippen LogP contribution in [0.25, 0.3) is 0 Å². The molecule has 0 radical (unpaired) electrons. The summed E-state index contributed by atoms with van der Waals surface area (Å²) in [5.41, 5.74) is 4.35. The highest BCUT2D eigenvalue weighted by Crippen LogP contribution is 2.24. The van der Waals surface area contributed by atoms with Crippen molar-refractivity contribution in [2.45, 2.75) is 20.8 Å². The Labute approximate surface area is 163 Å². The lowest BCUT2D eigenvalue weighted by atomic mass is 10.2.